The zero-order valence-electron chi connectivity index (χ0n) is 18.0. The maximum atomic E-state index is 13.0. The minimum absolute atomic E-state index is 0.160. The summed E-state index contributed by atoms with van der Waals surface area (Å²) in [4.78, 5) is 15.2. The van der Waals surface area contributed by atoms with Crippen LogP contribution in [0.4, 0.5) is 11.4 Å². The predicted octanol–water partition coefficient (Wildman–Crippen LogP) is 2.80. The summed E-state index contributed by atoms with van der Waals surface area (Å²) < 4.78 is 32.7. The zero-order valence-corrected chi connectivity index (χ0v) is 18.8. The van der Waals surface area contributed by atoms with Crippen LogP contribution in [0.25, 0.3) is 0 Å². The highest BCUT2D eigenvalue weighted by atomic mass is 32.2. The van der Waals surface area contributed by atoms with Crippen LogP contribution in [0.15, 0.2) is 47.4 Å². The normalized spacial score (nSPS) is 19.7. The van der Waals surface area contributed by atoms with Crippen molar-refractivity contribution in [2.24, 2.45) is 0 Å². The first kappa shape index (κ1) is 21.8. The third-order valence-corrected chi connectivity index (χ3v) is 7.96. The number of hydrogen-bond donors (Lipinski definition) is 1. The van der Waals surface area contributed by atoms with E-state index in [4.69, 9.17) is 4.74 Å². The second-order valence-electron chi connectivity index (χ2n) is 8.19. The molecule has 1 amide bonds. The monoisotopic (exact) mass is 443 g/mol. The van der Waals surface area contributed by atoms with E-state index in [2.05, 4.69) is 29.3 Å². The van der Waals surface area contributed by atoms with E-state index in [0.29, 0.717) is 32.0 Å². The second kappa shape index (κ2) is 8.98. The summed E-state index contributed by atoms with van der Waals surface area (Å²) in [5.74, 6) is -0.160. The molecule has 7 nitrogen and oxygen atoms in total. The molecule has 0 aliphatic carbocycles. The van der Waals surface area contributed by atoms with Crippen LogP contribution >= 0.6 is 0 Å². The zero-order chi connectivity index (χ0) is 22.0. The fraction of sp³-hybridized carbons (Fsp3) is 0.435. The number of rotatable bonds is 5. The third-order valence-electron chi connectivity index (χ3n) is 6.07. The predicted molar refractivity (Wildman–Crippen MR) is 121 cm³/mol. The number of carbonyl (C=O) groups excluding carboxylic acids is 1. The van der Waals surface area contributed by atoms with Crippen molar-refractivity contribution in [3.05, 3.63) is 53.6 Å². The van der Waals surface area contributed by atoms with E-state index in [0.717, 1.165) is 24.1 Å². The Balaban J connectivity index is 1.52. The molecule has 2 aliphatic rings. The van der Waals surface area contributed by atoms with Gasteiger partial charge in [-0.2, -0.15) is 4.31 Å². The number of nitrogens with zero attached hydrogens (tertiary/aromatic N) is 2. The lowest BCUT2D eigenvalue weighted by Crippen LogP contribution is -2.42. The quantitative estimate of drug-likeness (QED) is 0.769. The molecule has 0 radical (unpaired) electrons. The van der Waals surface area contributed by atoms with Gasteiger partial charge in [-0.1, -0.05) is 24.3 Å². The van der Waals surface area contributed by atoms with E-state index in [1.54, 1.807) is 18.2 Å². The minimum Gasteiger partial charge on any atom is -0.379 e. The third kappa shape index (κ3) is 4.61. The van der Waals surface area contributed by atoms with Gasteiger partial charge in [0.05, 0.1) is 24.7 Å². The van der Waals surface area contributed by atoms with Gasteiger partial charge in [-0.25, -0.2) is 8.42 Å². The maximum absolute atomic E-state index is 13.0. The van der Waals surface area contributed by atoms with Gasteiger partial charge < -0.3 is 15.0 Å². The first-order valence-corrected chi connectivity index (χ1v) is 12.1. The van der Waals surface area contributed by atoms with Gasteiger partial charge in [-0.15, -0.1) is 0 Å². The Hall–Kier alpha value is -2.42. The van der Waals surface area contributed by atoms with E-state index >= 15 is 0 Å². The Morgan fingerprint density at radius 2 is 1.90 bits per heavy atom. The van der Waals surface area contributed by atoms with Crippen LogP contribution in [-0.2, 0) is 26.0 Å². The lowest BCUT2D eigenvalue weighted by Gasteiger charge is -2.36. The fourth-order valence-electron chi connectivity index (χ4n) is 4.18. The van der Waals surface area contributed by atoms with Gasteiger partial charge in [0.25, 0.3) is 0 Å². The van der Waals surface area contributed by atoms with Crippen molar-refractivity contribution in [3.63, 3.8) is 0 Å². The first-order valence-electron chi connectivity index (χ1n) is 10.7. The Labute approximate surface area is 184 Å². The highest BCUT2D eigenvalue weighted by Gasteiger charge is 2.28. The van der Waals surface area contributed by atoms with Crippen molar-refractivity contribution in [2.75, 3.05) is 43.1 Å². The maximum Gasteiger partial charge on any atom is 0.243 e. The van der Waals surface area contributed by atoms with E-state index < -0.39 is 10.0 Å². The number of para-hydroxylation sites is 1. The Morgan fingerprint density at radius 3 is 2.68 bits per heavy atom. The molecule has 1 atom stereocenters. The van der Waals surface area contributed by atoms with Crippen molar-refractivity contribution in [1.82, 2.24) is 4.31 Å². The number of fused-ring (bicyclic) bond motifs is 1. The summed E-state index contributed by atoms with van der Waals surface area (Å²) in [5.41, 5.74) is 3.69. The highest BCUT2D eigenvalue weighted by Crippen LogP contribution is 2.30. The molecule has 0 spiro atoms. The van der Waals surface area contributed by atoms with E-state index in [-0.39, 0.29) is 23.4 Å². The van der Waals surface area contributed by atoms with E-state index in [1.807, 2.05) is 19.1 Å². The van der Waals surface area contributed by atoms with Gasteiger partial charge in [0.1, 0.15) is 0 Å². The molecule has 1 saturated heterocycles. The fourth-order valence-corrected chi connectivity index (χ4v) is 5.61. The number of nitrogens with one attached hydrogen (secondary N) is 1. The van der Waals surface area contributed by atoms with Gasteiger partial charge >= 0.3 is 0 Å². The minimum atomic E-state index is -3.62. The summed E-state index contributed by atoms with van der Waals surface area (Å²) in [6, 6.07) is 13.3. The van der Waals surface area contributed by atoms with E-state index in [1.165, 1.54) is 9.87 Å². The molecule has 2 heterocycles. The van der Waals surface area contributed by atoms with Crippen molar-refractivity contribution in [3.8, 4) is 0 Å². The summed E-state index contributed by atoms with van der Waals surface area (Å²) >= 11 is 0. The lowest BCUT2D eigenvalue weighted by molar-refractivity contribution is -0.115. The van der Waals surface area contributed by atoms with Crippen molar-refractivity contribution < 1.29 is 17.9 Å². The van der Waals surface area contributed by atoms with Crippen LogP contribution in [0.2, 0.25) is 0 Å². The molecule has 4 rings (SSSR count). The number of sulfonamides is 1. The molecule has 1 fully saturated rings. The van der Waals surface area contributed by atoms with Crippen LogP contribution in [0.3, 0.4) is 0 Å². The molecule has 2 aliphatic heterocycles. The highest BCUT2D eigenvalue weighted by molar-refractivity contribution is 7.89. The lowest BCUT2D eigenvalue weighted by atomic mass is 9.96. The van der Waals surface area contributed by atoms with Crippen LogP contribution in [0.1, 0.15) is 24.5 Å². The summed E-state index contributed by atoms with van der Waals surface area (Å²) in [5, 5.41) is 2.94. The molecule has 8 heteroatoms. The van der Waals surface area contributed by atoms with Gasteiger partial charge in [0.15, 0.2) is 0 Å². The molecule has 1 N–H and O–H groups in total. The average Bonchev–Trinajstić information content (AvgIpc) is 2.78. The Kier molecular flexibility index (Phi) is 6.31. The SMILES string of the molecule is Cc1ccc(S(=O)(=O)N2CCOCC2)cc1NC(=O)CN1c2ccccc2CCC1C. The molecule has 0 aromatic heterocycles. The first-order chi connectivity index (χ1) is 14.9. The van der Waals surface area contributed by atoms with Crippen LogP contribution in [-0.4, -0.2) is 57.5 Å². The second-order valence-corrected chi connectivity index (χ2v) is 10.1. The molecule has 2 aromatic rings. The van der Waals surface area contributed by atoms with Gasteiger partial charge in [0, 0.05) is 30.5 Å². The number of aryl methyl sites for hydroxylation is 2. The molecule has 0 bridgehead atoms. The van der Waals surface area contributed by atoms with E-state index in [9.17, 15) is 13.2 Å². The molecule has 0 saturated carbocycles. The number of ether oxygens (including phenoxy) is 1. The summed E-state index contributed by atoms with van der Waals surface area (Å²) in [6.45, 7) is 5.67. The molecule has 31 heavy (non-hydrogen) atoms. The van der Waals surface area contributed by atoms with Crippen LogP contribution in [0.5, 0.6) is 0 Å². The van der Waals surface area contributed by atoms with Crippen molar-refractivity contribution >= 4 is 27.3 Å². The molecule has 166 valence electrons. The number of hydrogen-bond acceptors (Lipinski definition) is 5. The topological polar surface area (TPSA) is 79.0 Å². The number of anilines is 2. The van der Waals surface area contributed by atoms with Crippen molar-refractivity contribution in [1.29, 1.82) is 0 Å². The Morgan fingerprint density at radius 1 is 1.16 bits per heavy atom. The number of amides is 1. The Bertz CT molecular complexity index is 1060. The molecular weight excluding hydrogens is 414 g/mol. The average molecular weight is 444 g/mol. The standard InChI is InChI=1S/C23H29N3O4S/c1-17-7-10-20(31(28,29)25-11-13-30-14-12-25)15-21(17)24-23(27)16-26-18(2)8-9-19-5-3-4-6-22(19)26/h3-7,10,15,18H,8-9,11-14,16H2,1-2H3,(H,24,27). The number of carbonyl (C=O) groups is 1. The summed E-state index contributed by atoms with van der Waals surface area (Å²) in [6.07, 6.45) is 2.01. The summed E-state index contributed by atoms with van der Waals surface area (Å²) in [7, 11) is -3.62. The largest absolute Gasteiger partial charge is 0.379 e. The molecule has 1 unspecified atom stereocenters. The van der Waals surface area contributed by atoms with Gasteiger partial charge in [-0.3, -0.25) is 4.79 Å². The number of morpholine rings is 1. The smallest absolute Gasteiger partial charge is 0.243 e. The van der Waals surface area contributed by atoms with Gasteiger partial charge in [-0.05, 0) is 56.0 Å². The van der Waals surface area contributed by atoms with Gasteiger partial charge in [0.2, 0.25) is 15.9 Å². The van der Waals surface area contributed by atoms with Crippen LogP contribution in [0, 0.1) is 6.92 Å². The van der Waals surface area contributed by atoms with Crippen molar-refractivity contribution in [2.45, 2.75) is 37.6 Å². The molecular formula is C23H29N3O4S. The molecule has 2 aromatic carbocycles. The number of benzene rings is 2. The van der Waals surface area contributed by atoms with Crippen LogP contribution < -0.4 is 10.2 Å².